The van der Waals surface area contributed by atoms with E-state index in [1.54, 1.807) is 0 Å². The maximum absolute atomic E-state index is 5.89. The van der Waals surface area contributed by atoms with E-state index < -0.39 is 0 Å². The van der Waals surface area contributed by atoms with Crippen molar-refractivity contribution in [3.63, 3.8) is 0 Å². The molecular formula is C19H23NO. The Morgan fingerprint density at radius 3 is 2.48 bits per heavy atom. The molecule has 0 spiro atoms. The fourth-order valence-corrected chi connectivity index (χ4v) is 2.09. The van der Waals surface area contributed by atoms with Gasteiger partial charge in [-0.2, -0.15) is 0 Å². The molecule has 0 aromatic heterocycles. The second-order valence-corrected chi connectivity index (χ2v) is 4.94. The first-order valence-corrected chi connectivity index (χ1v) is 7.50. The van der Waals surface area contributed by atoms with Crippen LogP contribution >= 0.6 is 0 Å². The van der Waals surface area contributed by atoms with Crippen LogP contribution in [0.1, 0.15) is 24.0 Å². The number of rotatable bonds is 8. The van der Waals surface area contributed by atoms with Gasteiger partial charge in [0.05, 0.1) is 6.61 Å². The molecule has 1 N–H and O–H groups in total. The van der Waals surface area contributed by atoms with E-state index in [0.29, 0.717) is 0 Å². The number of benzene rings is 2. The molecule has 0 heterocycles. The maximum atomic E-state index is 5.89. The molecule has 0 aliphatic rings. The summed E-state index contributed by atoms with van der Waals surface area (Å²) in [4.78, 5) is 0. The number of nitrogens with one attached hydrogen (secondary N) is 1. The van der Waals surface area contributed by atoms with Crippen molar-refractivity contribution < 1.29 is 4.74 Å². The van der Waals surface area contributed by atoms with Crippen LogP contribution in [0, 0.1) is 0 Å². The molecule has 21 heavy (non-hydrogen) atoms. The van der Waals surface area contributed by atoms with E-state index in [-0.39, 0.29) is 0 Å². The van der Waals surface area contributed by atoms with Crippen LogP contribution in [0.25, 0.3) is 12.2 Å². The van der Waals surface area contributed by atoms with E-state index in [4.69, 9.17) is 4.74 Å². The molecular weight excluding hydrogens is 258 g/mol. The standard InChI is InChI=1S/C19H23NO/c1-20-15-7-8-16-21-19-12-6-5-11-18(19)14-13-17-9-3-2-4-10-17/h2-6,9-14,20H,7-8,15-16H2,1H3. The average Bonchev–Trinajstić information content (AvgIpc) is 2.55. The fourth-order valence-electron chi connectivity index (χ4n) is 2.09. The first kappa shape index (κ1) is 15.3. The van der Waals surface area contributed by atoms with Crippen molar-refractivity contribution in [1.29, 1.82) is 0 Å². The average molecular weight is 281 g/mol. The molecule has 0 atom stereocenters. The lowest BCUT2D eigenvalue weighted by atomic mass is 10.1. The minimum atomic E-state index is 0.762. The van der Waals surface area contributed by atoms with Crippen LogP contribution < -0.4 is 10.1 Å². The van der Waals surface area contributed by atoms with E-state index in [0.717, 1.165) is 37.3 Å². The molecule has 0 unspecified atom stereocenters. The van der Waals surface area contributed by atoms with Crippen LogP contribution in [-0.2, 0) is 0 Å². The summed E-state index contributed by atoms with van der Waals surface area (Å²) in [6, 6.07) is 18.5. The Morgan fingerprint density at radius 2 is 1.67 bits per heavy atom. The van der Waals surface area contributed by atoms with Gasteiger partial charge in [0.25, 0.3) is 0 Å². The zero-order valence-corrected chi connectivity index (χ0v) is 12.6. The molecule has 2 nitrogen and oxygen atoms in total. The van der Waals surface area contributed by atoms with E-state index in [1.165, 1.54) is 5.56 Å². The predicted molar refractivity (Wildman–Crippen MR) is 90.5 cm³/mol. The van der Waals surface area contributed by atoms with Gasteiger partial charge in [0.15, 0.2) is 0 Å². The zero-order valence-electron chi connectivity index (χ0n) is 12.6. The molecule has 2 heteroatoms. The normalized spacial score (nSPS) is 10.9. The van der Waals surface area contributed by atoms with Crippen molar-refractivity contribution in [3.8, 4) is 5.75 Å². The van der Waals surface area contributed by atoms with Crippen molar-refractivity contribution in [2.45, 2.75) is 12.8 Å². The second kappa shape index (κ2) is 8.98. The molecule has 110 valence electrons. The lowest BCUT2D eigenvalue weighted by Crippen LogP contribution is -2.09. The van der Waals surface area contributed by atoms with Gasteiger partial charge in [-0.25, -0.2) is 0 Å². The van der Waals surface area contributed by atoms with Gasteiger partial charge in [-0.1, -0.05) is 60.7 Å². The first-order chi connectivity index (χ1) is 10.4. The Labute approximate surface area is 127 Å². The Kier molecular flexibility index (Phi) is 6.56. The van der Waals surface area contributed by atoms with Crippen LogP contribution in [-0.4, -0.2) is 20.2 Å². The SMILES string of the molecule is CNCCCCOc1ccccc1C=Cc1ccccc1. The van der Waals surface area contributed by atoms with E-state index >= 15 is 0 Å². The first-order valence-electron chi connectivity index (χ1n) is 7.50. The summed E-state index contributed by atoms with van der Waals surface area (Å²) in [6.07, 6.45) is 6.43. The summed E-state index contributed by atoms with van der Waals surface area (Å²) in [6.45, 7) is 1.80. The molecule has 0 bridgehead atoms. The lowest BCUT2D eigenvalue weighted by molar-refractivity contribution is 0.306. The number of unbranched alkanes of at least 4 members (excludes halogenated alkanes) is 1. The highest BCUT2D eigenvalue weighted by molar-refractivity contribution is 5.72. The molecule has 2 rings (SSSR count). The zero-order chi connectivity index (χ0) is 14.8. The molecule has 0 saturated carbocycles. The maximum Gasteiger partial charge on any atom is 0.126 e. The Morgan fingerprint density at radius 1 is 0.905 bits per heavy atom. The summed E-state index contributed by atoms with van der Waals surface area (Å²) in [7, 11) is 1.98. The molecule has 2 aromatic rings. The van der Waals surface area contributed by atoms with Gasteiger partial charge in [-0.15, -0.1) is 0 Å². The van der Waals surface area contributed by atoms with Crippen molar-refractivity contribution in [2.24, 2.45) is 0 Å². The third kappa shape index (κ3) is 5.44. The van der Waals surface area contributed by atoms with Crippen LogP contribution in [0.15, 0.2) is 54.6 Å². The summed E-state index contributed by atoms with van der Waals surface area (Å²) < 4.78 is 5.89. The van der Waals surface area contributed by atoms with Crippen LogP contribution in [0.4, 0.5) is 0 Å². The van der Waals surface area contributed by atoms with Gasteiger partial charge in [0, 0.05) is 5.56 Å². The number of hydrogen-bond acceptors (Lipinski definition) is 2. The van der Waals surface area contributed by atoms with E-state index in [2.05, 4.69) is 35.7 Å². The molecule has 0 aliphatic carbocycles. The van der Waals surface area contributed by atoms with Crippen LogP contribution in [0.5, 0.6) is 5.75 Å². The highest BCUT2D eigenvalue weighted by atomic mass is 16.5. The summed E-state index contributed by atoms with van der Waals surface area (Å²) in [5, 5.41) is 3.15. The second-order valence-electron chi connectivity index (χ2n) is 4.94. The lowest BCUT2D eigenvalue weighted by Gasteiger charge is -2.09. The highest BCUT2D eigenvalue weighted by Gasteiger charge is 1.99. The van der Waals surface area contributed by atoms with Crippen molar-refractivity contribution in [2.75, 3.05) is 20.2 Å². The third-order valence-corrected chi connectivity index (χ3v) is 3.25. The molecule has 0 aliphatic heterocycles. The van der Waals surface area contributed by atoms with Crippen LogP contribution in [0.2, 0.25) is 0 Å². The third-order valence-electron chi connectivity index (χ3n) is 3.25. The molecule has 0 fully saturated rings. The van der Waals surface area contributed by atoms with Crippen LogP contribution in [0.3, 0.4) is 0 Å². The van der Waals surface area contributed by atoms with Crippen molar-refractivity contribution in [3.05, 3.63) is 65.7 Å². The molecule has 2 aromatic carbocycles. The fraction of sp³-hybridized carbons (Fsp3) is 0.263. The highest BCUT2D eigenvalue weighted by Crippen LogP contribution is 2.21. The monoisotopic (exact) mass is 281 g/mol. The van der Waals surface area contributed by atoms with Gasteiger partial charge >= 0.3 is 0 Å². The minimum absolute atomic E-state index is 0.762. The minimum Gasteiger partial charge on any atom is -0.493 e. The van der Waals surface area contributed by atoms with Crippen molar-refractivity contribution in [1.82, 2.24) is 5.32 Å². The predicted octanol–water partition coefficient (Wildman–Crippen LogP) is 4.24. The molecule has 0 amide bonds. The molecule has 0 radical (unpaired) electrons. The van der Waals surface area contributed by atoms with Gasteiger partial charge in [0.2, 0.25) is 0 Å². The quantitative estimate of drug-likeness (QED) is 0.577. The molecule has 0 saturated heterocycles. The number of ether oxygens (including phenoxy) is 1. The summed E-state index contributed by atoms with van der Waals surface area (Å²) >= 11 is 0. The number of para-hydroxylation sites is 1. The largest absolute Gasteiger partial charge is 0.493 e. The Hall–Kier alpha value is -2.06. The van der Waals surface area contributed by atoms with E-state index in [1.807, 2.05) is 43.4 Å². The van der Waals surface area contributed by atoms with E-state index in [9.17, 15) is 0 Å². The smallest absolute Gasteiger partial charge is 0.126 e. The van der Waals surface area contributed by atoms with Gasteiger partial charge in [-0.05, 0) is 38.1 Å². The summed E-state index contributed by atoms with van der Waals surface area (Å²) in [5.41, 5.74) is 2.32. The Bertz CT molecular complexity index is 549. The van der Waals surface area contributed by atoms with Gasteiger partial charge in [-0.3, -0.25) is 0 Å². The Balaban J connectivity index is 1.95. The number of hydrogen-bond donors (Lipinski definition) is 1. The van der Waals surface area contributed by atoms with Crippen molar-refractivity contribution >= 4 is 12.2 Å². The van der Waals surface area contributed by atoms with Gasteiger partial charge < -0.3 is 10.1 Å². The van der Waals surface area contributed by atoms with Gasteiger partial charge in [0.1, 0.15) is 5.75 Å². The summed E-state index contributed by atoms with van der Waals surface area (Å²) in [5.74, 6) is 0.953. The topological polar surface area (TPSA) is 21.3 Å².